The molecule has 6 nitrogen and oxygen atoms in total. The topological polar surface area (TPSA) is 97.6 Å². The minimum Gasteiger partial charge on any atom is -0.366 e. The lowest BCUT2D eigenvalue weighted by Gasteiger charge is -2.01. The fourth-order valence-electron chi connectivity index (χ4n) is 1.40. The molecule has 0 aliphatic carbocycles. The van der Waals surface area contributed by atoms with Crippen LogP contribution in [0.1, 0.15) is 21.6 Å². The largest absolute Gasteiger partial charge is 0.366 e. The summed E-state index contributed by atoms with van der Waals surface area (Å²) in [4.78, 5) is 14.8. The van der Waals surface area contributed by atoms with Crippen molar-refractivity contribution < 1.29 is 4.79 Å². The zero-order valence-electron chi connectivity index (χ0n) is 8.87. The van der Waals surface area contributed by atoms with Gasteiger partial charge in [0.15, 0.2) is 0 Å². The van der Waals surface area contributed by atoms with E-state index in [2.05, 4.69) is 10.1 Å². The molecule has 0 bridgehead atoms. The van der Waals surface area contributed by atoms with E-state index in [-0.39, 0.29) is 0 Å². The average molecular weight is 227 g/mol. The summed E-state index contributed by atoms with van der Waals surface area (Å²) in [5.74, 6) is -0.510. The zero-order valence-corrected chi connectivity index (χ0v) is 8.87. The summed E-state index contributed by atoms with van der Waals surface area (Å²) in [5, 5.41) is 12.7. The number of aromatic nitrogens is 3. The summed E-state index contributed by atoms with van der Waals surface area (Å²) in [6, 6.07) is 5.42. The van der Waals surface area contributed by atoms with Gasteiger partial charge in [0.1, 0.15) is 11.8 Å². The van der Waals surface area contributed by atoms with E-state index in [4.69, 9.17) is 11.0 Å². The third kappa shape index (κ3) is 2.46. The third-order valence-corrected chi connectivity index (χ3v) is 2.20. The number of carbonyl (C=O) groups is 1. The zero-order chi connectivity index (χ0) is 12.3. The van der Waals surface area contributed by atoms with Crippen molar-refractivity contribution >= 4 is 5.91 Å². The number of nitriles is 1. The maximum Gasteiger partial charge on any atom is 0.251 e. The van der Waals surface area contributed by atoms with Crippen LogP contribution in [-0.2, 0) is 6.54 Å². The lowest BCUT2D eigenvalue weighted by molar-refractivity contribution is 0.1000. The molecule has 17 heavy (non-hydrogen) atoms. The van der Waals surface area contributed by atoms with Gasteiger partial charge in [-0.1, -0.05) is 0 Å². The maximum atomic E-state index is 10.9. The molecule has 0 spiro atoms. The summed E-state index contributed by atoms with van der Waals surface area (Å²) < 4.78 is 1.58. The van der Waals surface area contributed by atoms with Crippen molar-refractivity contribution in [1.82, 2.24) is 14.8 Å². The fraction of sp³-hybridized carbons (Fsp3) is 0.0909. The van der Waals surface area contributed by atoms with Crippen molar-refractivity contribution in [2.45, 2.75) is 6.54 Å². The van der Waals surface area contributed by atoms with Crippen molar-refractivity contribution in [3.63, 3.8) is 0 Å². The van der Waals surface area contributed by atoms with Crippen LogP contribution in [0.3, 0.4) is 0 Å². The number of primary amides is 1. The van der Waals surface area contributed by atoms with Crippen molar-refractivity contribution in [1.29, 1.82) is 5.26 Å². The summed E-state index contributed by atoms with van der Waals surface area (Å²) in [7, 11) is 0. The Morgan fingerprint density at radius 3 is 3.06 bits per heavy atom. The Balaban J connectivity index is 2.19. The molecule has 2 rings (SSSR count). The van der Waals surface area contributed by atoms with Crippen LogP contribution in [0.2, 0.25) is 0 Å². The SMILES string of the molecule is N#Cc1cc(Cn2cc(C(N)=O)cn2)ccn1. The van der Waals surface area contributed by atoms with Crippen molar-refractivity contribution in [2.24, 2.45) is 5.73 Å². The van der Waals surface area contributed by atoms with Gasteiger partial charge in [-0.2, -0.15) is 10.4 Å². The van der Waals surface area contributed by atoms with Gasteiger partial charge in [0.25, 0.3) is 5.91 Å². The predicted molar refractivity (Wildman–Crippen MR) is 58.8 cm³/mol. The van der Waals surface area contributed by atoms with Crippen molar-refractivity contribution in [2.75, 3.05) is 0 Å². The first-order valence-corrected chi connectivity index (χ1v) is 4.86. The van der Waals surface area contributed by atoms with Gasteiger partial charge < -0.3 is 5.73 Å². The highest BCUT2D eigenvalue weighted by Crippen LogP contribution is 2.04. The smallest absolute Gasteiger partial charge is 0.251 e. The molecule has 2 N–H and O–H groups in total. The van der Waals surface area contributed by atoms with E-state index < -0.39 is 5.91 Å². The second kappa shape index (κ2) is 4.45. The van der Waals surface area contributed by atoms with Crippen LogP contribution < -0.4 is 5.73 Å². The van der Waals surface area contributed by atoms with Gasteiger partial charge in [-0.3, -0.25) is 9.48 Å². The molecule has 2 heterocycles. The second-order valence-corrected chi connectivity index (χ2v) is 3.45. The minimum atomic E-state index is -0.510. The van der Waals surface area contributed by atoms with E-state index in [1.54, 1.807) is 29.2 Å². The monoisotopic (exact) mass is 227 g/mol. The van der Waals surface area contributed by atoms with Crippen LogP contribution in [0.15, 0.2) is 30.7 Å². The molecule has 84 valence electrons. The Bertz CT molecular complexity index is 596. The molecule has 6 heteroatoms. The number of nitrogens with two attached hydrogens (primary N) is 1. The first-order chi connectivity index (χ1) is 8.19. The van der Waals surface area contributed by atoms with E-state index >= 15 is 0 Å². The van der Waals surface area contributed by atoms with Crippen LogP contribution in [0.25, 0.3) is 0 Å². The number of nitrogens with zero attached hydrogens (tertiary/aromatic N) is 4. The van der Waals surface area contributed by atoms with Gasteiger partial charge in [0.2, 0.25) is 0 Å². The van der Waals surface area contributed by atoms with Crippen LogP contribution in [0.5, 0.6) is 0 Å². The minimum absolute atomic E-state index is 0.352. The molecule has 0 aromatic carbocycles. The number of pyridine rings is 1. The Kier molecular flexibility index (Phi) is 2.83. The highest BCUT2D eigenvalue weighted by molar-refractivity contribution is 5.92. The molecule has 0 saturated heterocycles. The van der Waals surface area contributed by atoms with Crippen molar-refractivity contribution in [3.8, 4) is 6.07 Å². The van der Waals surface area contributed by atoms with Gasteiger partial charge in [-0.05, 0) is 17.7 Å². The van der Waals surface area contributed by atoms with Gasteiger partial charge >= 0.3 is 0 Å². The summed E-state index contributed by atoms with van der Waals surface area (Å²) in [6.07, 6.45) is 4.54. The quantitative estimate of drug-likeness (QED) is 0.815. The van der Waals surface area contributed by atoms with Gasteiger partial charge in [-0.15, -0.1) is 0 Å². The highest BCUT2D eigenvalue weighted by atomic mass is 16.1. The molecule has 1 amide bonds. The summed E-state index contributed by atoms with van der Waals surface area (Å²) in [5.41, 5.74) is 6.72. The van der Waals surface area contributed by atoms with E-state index in [0.717, 1.165) is 5.56 Å². The number of hydrogen-bond acceptors (Lipinski definition) is 4. The first-order valence-electron chi connectivity index (χ1n) is 4.86. The molecular weight excluding hydrogens is 218 g/mol. The van der Waals surface area contributed by atoms with Crippen molar-refractivity contribution in [3.05, 3.63) is 47.5 Å². The Hall–Kier alpha value is -2.68. The molecule has 0 aliphatic rings. The number of rotatable bonds is 3. The van der Waals surface area contributed by atoms with Gasteiger partial charge in [0, 0.05) is 12.4 Å². The second-order valence-electron chi connectivity index (χ2n) is 3.45. The van der Waals surface area contributed by atoms with Crippen LogP contribution >= 0.6 is 0 Å². The average Bonchev–Trinajstić information content (AvgIpc) is 2.78. The Labute approximate surface area is 97.3 Å². The first kappa shape index (κ1) is 10.8. The Morgan fingerprint density at radius 2 is 2.41 bits per heavy atom. The molecule has 0 fully saturated rings. The predicted octanol–water partition coefficient (Wildman–Crippen LogP) is 0.297. The Morgan fingerprint density at radius 1 is 1.59 bits per heavy atom. The molecule has 2 aromatic rings. The van der Waals surface area contributed by atoms with Crippen LogP contribution in [0.4, 0.5) is 0 Å². The summed E-state index contributed by atoms with van der Waals surface area (Å²) >= 11 is 0. The molecule has 2 aromatic heterocycles. The molecule has 0 radical (unpaired) electrons. The maximum absolute atomic E-state index is 10.9. The van der Waals surface area contributed by atoms with Crippen LogP contribution in [-0.4, -0.2) is 20.7 Å². The van der Waals surface area contributed by atoms with Gasteiger partial charge in [-0.25, -0.2) is 4.98 Å². The normalized spacial score (nSPS) is 9.82. The number of carbonyl (C=O) groups excluding carboxylic acids is 1. The molecule has 0 saturated carbocycles. The van der Waals surface area contributed by atoms with E-state index in [0.29, 0.717) is 17.8 Å². The standard InChI is InChI=1S/C11H9N5O/c12-4-10-3-8(1-2-14-10)6-16-7-9(5-15-16)11(13)17/h1-3,5,7H,6H2,(H2,13,17). The molecule has 0 aliphatic heterocycles. The lowest BCUT2D eigenvalue weighted by Crippen LogP contribution is -2.09. The van der Waals surface area contributed by atoms with E-state index in [1.165, 1.54) is 6.20 Å². The fourth-order valence-corrected chi connectivity index (χ4v) is 1.40. The van der Waals surface area contributed by atoms with Crippen LogP contribution in [0, 0.1) is 11.3 Å². The molecule has 0 atom stereocenters. The lowest BCUT2D eigenvalue weighted by atomic mass is 10.2. The van der Waals surface area contributed by atoms with E-state index in [9.17, 15) is 4.79 Å². The molecule has 0 unspecified atom stereocenters. The number of hydrogen-bond donors (Lipinski definition) is 1. The van der Waals surface area contributed by atoms with E-state index in [1.807, 2.05) is 6.07 Å². The number of amides is 1. The van der Waals surface area contributed by atoms with Gasteiger partial charge in [0.05, 0.1) is 18.3 Å². The third-order valence-electron chi connectivity index (χ3n) is 2.20. The molecular formula is C11H9N5O. The highest BCUT2D eigenvalue weighted by Gasteiger charge is 2.04. The summed E-state index contributed by atoms with van der Waals surface area (Å²) in [6.45, 7) is 0.463.